The van der Waals surface area contributed by atoms with Gasteiger partial charge in [0.05, 0.1) is 16.3 Å². The van der Waals surface area contributed by atoms with Crippen molar-refractivity contribution in [1.29, 1.82) is 0 Å². The van der Waals surface area contributed by atoms with Gasteiger partial charge in [0.25, 0.3) is 5.91 Å². The monoisotopic (exact) mass is 406 g/mol. The molecule has 0 saturated carbocycles. The van der Waals surface area contributed by atoms with Crippen molar-refractivity contribution >= 4 is 35.3 Å². The summed E-state index contributed by atoms with van der Waals surface area (Å²) in [4.78, 5) is 12.3. The van der Waals surface area contributed by atoms with Gasteiger partial charge in [0.2, 0.25) is 6.10 Å². The van der Waals surface area contributed by atoms with E-state index in [1.54, 1.807) is 18.2 Å². The van der Waals surface area contributed by atoms with E-state index < -0.39 is 12.0 Å². The molecule has 1 aliphatic heterocycles. The van der Waals surface area contributed by atoms with Gasteiger partial charge in [-0.2, -0.15) is 5.10 Å². The lowest BCUT2D eigenvalue weighted by Gasteiger charge is -2.27. The highest BCUT2D eigenvalue weighted by Gasteiger charge is 2.28. The van der Waals surface area contributed by atoms with Crippen LogP contribution in [-0.4, -0.2) is 24.8 Å². The van der Waals surface area contributed by atoms with Crippen molar-refractivity contribution < 1.29 is 14.3 Å². The van der Waals surface area contributed by atoms with Crippen LogP contribution in [0.2, 0.25) is 10.0 Å². The Labute approximate surface area is 168 Å². The highest BCUT2D eigenvalue weighted by atomic mass is 35.5. The van der Waals surface area contributed by atoms with E-state index in [9.17, 15) is 4.79 Å². The van der Waals surface area contributed by atoms with Crippen molar-refractivity contribution in [2.75, 3.05) is 6.61 Å². The summed E-state index contributed by atoms with van der Waals surface area (Å²) in [6.45, 7) is 6.44. The molecule has 142 valence electrons. The molecule has 1 heterocycles. The summed E-state index contributed by atoms with van der Waals surface area (Å²) in [5.74, 6) is 0.771. The van der Waals surface area contributed by atoms with Crippen molar-refractivity contribution in [3.8, 4) is 11.5 Å². The molecular formula is C20H20Cl2N2O3. The SMILES string of the molecule is CC(C)(C)c1ccc2c(c1)O[C@@H](C(=O)N/N=C\c1cccc(Cl)c1Cl)CO2. The first-order valence-electron chi connectivity index (χ1n) is 8.46. The number of amides is 1. The maximum atomic E-state index is 12.3. The lowest BCUT2D eigenvalue weighted by Crippen LogP contribution is -2.42. The van der Waals surface area contributed by atoms with Crippen molar-refractivity contribution in [1.82, 2.24) is 5.43 Å². The van der Waals surface area contributed by atoms with Gasteiger partial charge in [-0.05, 0) is 29.2 Å². The fourth-order valence-electron chi connectivity index (χ4n) is 2.53. The van der Waals surface area contributed by atoms with Crippen molar-refractivity contribution in [3.05, 3.63) is 57.6 Å². The minimum atomic E-state index is -0.792. The molecule has 27 heavy (non-hydrogen) atoms. The number of halogens is 2. The smallest absolute Gasteiger partial charge is 0.284 e. The number of hydrogen-bond acceptors (Lipinski definition) is 4. The second kappa shape index (κ2) is 7.79. The molecular weight excluding hydrogens is 387 g/mol. The van der Waals surface area contributed by atoms with Gasteiger partial charge >= 0.3 is 0 Å². The van der Waals surface area contributed by atoms with Crippen LogP contribution in [0.1, 0.15) is 31.9 Å². The quantitative estimate of drug-likeness (QED) is 0.599. The predicted molar refractivity (Wildman–Crippen MR) is 107 cm³/mol. The van der Waals surface area contributed by atoms with E-state index in [2.05, 4.69) is 31.3 Å². The van der Waals surface area contributed by atoms with Crippen LogP contribution in [0.25, 0.3) is 0 Å². The zero-order valence-electron chi connectivity index (χ0n) is 15.3. The molecule has 0 radical (unpaired) electrons. The topological polar surface area (TPSA) is 59.9 Å². The molecule has 2 aromatic carbocycles. The van der Waals surface area contributed by atoms with E-state index in [4.69, 9.17) is 32.7 Å². The molecule has 2 aromatic rings. The number of rotatable bonds is 3. The number of benzene rings is 2. The first kappa shape index (κ1) is 19.5. The van der Waals surface area contributed by atoms with E-state index in [0.717, 1.165) is 5.56 Å². The minimum absolute atomic E-state index is 0.0336. The second-order valence-electron chi connectivity index (χ2n) is 7.21. The Kier molecular flexibility index (Phi) is 5.63. The third-order valence-corrected chi connectivity index (χ3v) is 4.95. The number of nitrogens with zero attached hydrogens (tertiary/aromatic N) is 1. The van der Waals surface area contributed by atoms with Crippen molar-refractivity contribution in [2.45, 2.75) is 32.3 Å². The Morgan fingerprint density at radius 1 is 1.22 bits per heavy atom. The molecule has 0 fully saturated rings. The van der Waals surface area contributed by atoms with E-state index >= 15 is 0 Å². The minimum Gasteiger partial charge on any atom is -0.485 e. The Morgan fingerprint density at radius 2 is 2.00 bits per heavy atom. The zero-order valence-corrected chi connectivity index (χ0v) is 16.8. The maximum Gasteiger partial charge on any atom is 0.284 e. The highest BCUT2D eigenvalue weighted by molar-refractivity contribution is 6.43. The number of carbonyl (C=O) groups is 1. The van der Waals surface area contributed by atoms with Crippen LogP contribution in [0.5, 0.6) is 11.5 Å². The van der Waals surface area contributed by atoms with Gasteiger partial charge in [-0.1, -0.05) is 62.2 Å². The van der Waals surface area contributed by atoms with Crippen molar-refractivity contribution in [2.24, 2.45) is 5.10 Å². The number of carbonyl (C=O) groups excluding carboxylic acids is 1. The third kappa shape index (κ3) is 4.54. The highest BCUT2D eigenvalue weighted by Crippen LogP contribution is 2.36. The van der Waals surface area contributed by atoms with Crippen molar-refractivity contribution in [3.63, 3.8) is 0 Å². The Bertz CT molecular complexity index is 891. The van der Waals surface area contributed by atoms with Crippen LogP contribution in [-0.2, 0) is 10.2 Å². The van der Waals surface area contributed by atoms with Gasteiger partial charge in [-0.3, -0.25) is 4.79 Å². The molecule has 0 unspecified atom stereocenters. The van der Waals surface area contributed by atoms with E-state index in [1.807, 2.05) is 18.2 Å². The van der Waals surface area contributed by atoms with Crippen LogP contribution >= 0.6 is 23.2 Å². The fraction of sp³-hybridized carbons (Fsp3) is 0.300. The molecule has 0 bridgehead atoms. The summed E-state index contributed by atoms with van der Waals surface area (Å²) in [6, 6.07) is 10.9. The molecule has 1 N–H and O–H groups in total. The van der Waals surface area contributed by atoms with E-state index in [0.29, 0.717) is 27.1 Å². The molecule has 3 rings (SSSR count). The molecule has 1 aliphatic rings. The average molecular weight is 407 g/mol. The van der Waals surface area contributed by atoms with E-state index in [1.165, 1.54) is 6.21 Å². The molecule has 0 spiro atoms. The van der Waals surface area contributed by atoms with Gasteiger partial charge < -0.3 is 9.47 Å². The van der Waals surface area contributed by atoms with Gasteiger partial charge in [0, 0.05) is 5.56 Å². The standard InChI is InChI=1S/C20H20Cl2N2O3/c1-20(2,3)13-7-8-15-16(9-13)27-17(11-26-15)19(25)24-23-10-12-5-4-6-14(21)18(12)22/h4-10,17H,11H2,1-3H3,(H,24,25)/b23-10-/t17-/m1/s1. The molecule has 0 aliphatic carbocycles. The predicted octanol–water partition coefficient (Wildman–Crippen LogP) is 4.58. The maximum absolute atomic E-state index is 12.3. The summed E-state index contributed by atoms with van der Waals surface area (Å²) in [5.41, 5.74) is 4.11. The number of nitrogens with one attached hydrogen (secondary N) is 1. The first-order chi connectivity index (χ1) is 12.8. The Hall–Kier alpha value is -2.24. The lowest BCUT2D eigenvalue weighted by molar-refractivity contribution is -0.130. The molecule has 0 saturated heterocycles. The molecule has 5 nitrogen and oxygen atoms in total. The third-order valence-electron chi connectivity index (χ3n) is 4.12. The van der Waals surface area contributed by atoms with Crippen LogP contribution in [0.4, 0.5) is 0 Å². The Morgan fingerprint density at radius 3 is 2.74 bits per heavy atom. The molecule has 7 heteroatoms. The number of ether oxygens (including phenoxy) is 2. The molecule has 1 atom stereocenters. The molecule has 0 aromatic heterocycles. The average Bonchev–Trinajstić information content (AvgIpc) is 2.63. The number of hydrogen-bond donors (Lipinski definition) is 1. The van der Waals surface area contributed by atoms with Gasteiger partial charge in [-0.15, -0.1) is 0 Å². The first-order valence-corrected chi connectivity index (χ1v) is 9.22. The summed E-state index contributed by atoms with van der Waals surface area (Å²) in [5, 5.41) is 4.72. The largest absolute Gasteiger partial charge is 0.485 e. The fourth-order valence-corrected chi connectivity index (χ4v) is 2.88. The zero-order chi connectivity index (χ0) is 19.6. The summed E-state index contributed by atoms with van der Waals surface area (Å²) in [7, 11) is 0. The Balaban J connectivity index is 1.67. The van der Waals surface area contributed by atoms with Gasteiger partial charge in [0.15, 0.2) is 11.5 Å². The number of hydrazone groups is 1. The summed E-state index contributed by atoms with van der Waals surface area (Å²) >= 11 is 12.0. The normalized spacial score (nSPS) is 16.4. The lowest BCUT2D eigenvalue weighted by atomic mass is 9.87. The molecule has 1 amide bonds. The van der Waals surface area contributed by atoms with Crippen LogP contribution in [0.15, 0.2) is 41.5 Å². The summed E-state index contributed by atoms with van der Waals surface area (Å²) < 4.78 is 11.5. The number of fused-ring (bicyclic) bond motifs is 1. The summed E-state index contributed by atoms with van der Waals surface area (Å²) in [6.07, 6.45) is 0.640. The van der Waals surface area contributed by atoms with Gasteiger partial charge in [0.1, 0.15) is 6.61 Å². The second-order valence-corrected chi connectivity index (χ2v) is 7.99. The van der Waals surface area contributed by atoms with Crippen LogP contribution < -0.4 is 14.9 Å². The van der Waals surface area contributed by atoms with Crippen LogP contribution in [0.3, 0.4) is 0 Å². The van der Waals surface area contributed by atoms with Crippen LogP contribution in [0, 0.1) is 0 Å². The van der Waals surface area contributed by atoms with E-state index in [-0.39, 0.29) is 12.0 Å². The van der Waals surface area contributed by atoms with Gasteiger partial charge in [-0.25, -0.2) is 5.43 Å².